The molecular formula is C5H13N3O2. The van der Waals surface area contributed by atoms with Crippen molar-refractivity contribution in [3.63, 3.8) is 0 Å². The topological polar surface area (TPSA) is 81.6 Å². The molecule has 10 heavy (non-hydrogen) atoms. The fourth-order valence-electron chi connectivity index (χ4n) is 0.442. The Hall–Kier alpha value is -0.650. The van der Waals surface area contributed by atoms with E-state index in [-0.39, 0.29) is 0 Å². The lowest BCUT2D eigenvalue weighted by molar-refractivity contribution is -0.130. The van der Waals surface area contributed by atoms with Crippen LogP contribution in [0.2, 0.25) is 0 Å². The zero-order chi connectivity index (χ0) is 8.15. The summed E-state index contributed by atoms with van der Waals surface area (Å²) in [5, 5.41) is 1.44. The maximum atomic E-state index is 10.4. The van der Waals surface area contributed by atoms with E-state index in [4.69, 9.17) is 16.3 Å². The van der Waals surface area contributed by atoms with Gasteiger partial charge in [-0.15, -0.1) is 0 Å². The number of hydroxylamine groups is 2. The first-order valence-corrected chi connectivity index (χ1v) is 2.88. The molecule has 0 unspecified atom stereocenters. The van der Waals surface area contributed by atoms with Crippen molar-refractivity contribution in [2.75, 3.05) is 20.7 Å². The quantitative estimate of drug-likeness (QED) is 0.464. The zero-order valence-corrected chi connectivity index (χ0v) is 6.20. The number of likely N-dealkylation sites (N-methyl/N-ethyl adjacent to an activating group) is 1. The summed E-state index contributed by atoms with van der Waals surface area (Å²) in [6.07, 6.45) is 0. The van der Waals surface area contributed by atoms with Gasteiger partial charge in [-0.25, -0.2) is 0 Å². The van der Waals surface area contributed by atoms with E-state index in [0.717, 1.165) is 0 Å². The third-order valence-corrected chi connectivity index (χ3v) is 1.13. The van der Waals surface area contributed by atoms with Crippen LogP contribution in [0.3, 0.4) is 0 Å². The lowest BCUT2D eigenvalue weighted by Gasteiger charge is -2.15. The van der Waals surface area contributed by atoms with Gasteiger partial charge in [0.2, 0.25) is 5.91 Å². The van der Waals surface area contributed by atoms with Crippen LogP contribution in [0.5, 0.6) is 0 Å². The maximum absolute atomic E-state index is 10.4. The average molecular weight is 147 g/mol. The van der Waals surface area contributed by atoms with Crippen molar-refractivity contribution in [1.29, 1.82) is 0 Å². The molecule has 0 fully saturated rings. The molecule has 60 valence electrons. The Balaban J connectivity index is 3.56. The Morgan fingerprint density at radius 3 is 2.60 bits per heavy atom. The van der Waals surface area contributed by atoms with E-state index in [2.05, 4.69) is 0 Å². The standard InChI is InChI=1S/C5H13N3O2/c1-8(10-2)3-4(6)5(7)9/h4H,3,6H2,1-2H3,(H2,7,9)/t4-/m0/s1. The molecule has 0 aromatic heterocycles. The smallest absolute Gasteiger partial charge is 0.235 e. The number of carbonyl (C=O) groups is 1. The number of nitrogens with zero attached hydrogens (tertiary/aromatic N) is 1. The van der Waals surface area contributed by atoms with Crippen LogP contribution < -0.4 is 11.5 Å². The zero-order valence-electron chi connectivity index (χ0n) is 6.20. The molecule has 5 heteroatoms. The molecule has 0 saturated heterocycles. The lowest BCUT2D eigenvalue weighted by atomic mass is 10.3. The van der Waals surface area contributed by atoms with Gasteiger partial charge in [-0.2, -0.15) is 5.06 Å². The van der Waals surface area contributed by atoms with Crippen LogP contribution in [-0.2, 0) is 9.63 Å². The van der Waals surface area contributed by atoms with E-state index in [9.17, 15) is 4.79 Å². The fraction of sp³-hybridized carbons (Fsp3) is 0.800. The van der Waals surface area contributed by atoms with Gasteiger partial charge < -0.3 is 16.3 Å². The number of carbonyl (C=O) groups excluding carboxylic acids is 1. The van der Waals surface area contributed by atoms with E-state index >= 15 is 0 Å². The van der Waals surface area contributed by atoms with E-state index in [1.165, 1.54) is 12.2 Å². The fourth-order valence-corrected chi connectivity index (χ4v) is 0.442. The summed E-state index contributed by atoms with van der Waals surface area (Å²) in [5.74, 6) is -0.524. The number of primary amides is 1. The first-order valence-electron chi connectivity index (χ1n) is 2.88. The van der Waals surface area contributed by atoms with E-state index < -0.39 is 11.9 Å². The first-order chi connectivity index (χ1) is 4.57. The molecule has 4 N–H and O–H groups in total. The number of hydrogen-bond acceptors (Lipinski definition) is 4. The Morgan fingerprint density at radius 1 is 1.80 bits per heavy atom. The molecule has 1 amide bonds. The minimum atomic E-state index is -0.662. The molecule has 0 aromatic rings. The summed E-state index contributed by atoms with van der Waals surface area (Å²) in [7, 11) is 3.16. The van der Waals surface area contributed by atoms with Crippen molar-refractivity contribution in [1.82, 2.24) is 5.06 Å². The predicted molar refractivity (Wildman–Crippen MR) is 36.8 cm³/mol. The summed E-state index contributed by atoms with van der Waals surface area (Å²) in [5.41, 5.74) is 10.2. The maximum Gasteiger partial charge on any atom is 0.235 e. The molecule has 0 aromatic carbocycles. The van der Waals surface area contributed by atoms with Gasteiger partial charge in [0, 0.05) is 13.6 Å². The Morgan fingerprint density at radius 2 is 2.30 bits per heavy atom. The summed E-state index contributed by atoms with van der Waals surface area (Å²) in [4.78, 5) is 15.1. The molecule has 5 nitrogen and oxygen atoms in total. The Kier molecular flexibility index (Phi) is 3.94. The highest BCUT2D eigenvalue weighted by Crippen LogP contribution is 1.84. The van der Waals surface area contributed by atoms with Gasteiger partial charge in [0.15, 0.2) is 0 Å². The molecule has 0 saturated carbocycles. The molecule has 0 rings (SSSR count). The van der Waals surface area contributed by atoms with Gasteiger partial charge in [-0.1, -0.05) is 0 Å². The Labute approximate surface area is 59.9 Å². The largest absolute Gasteiger partial charge is 0.368 e. The van der Waals surface area contributed by atoms with Crippen molar-refractivity contribution < 1.29 is 9.63 Å². The van der Waals surface area contributed by atoms with Gasteiger partial charge in [0.25, 0.3) is 0 Å². The monoisotopic (exact) mass is 147 g/mol. The molecule has 0 aliphatic heterocycles. The molecule has 0 spiro atoms. The van der Waals surface area contributed by atoms with Gasteiger partial charge >= 0.3 is 0 Å². The second-order valence-corrected chi connectivity index (χ2v) is 2.00. The highest BCUT2D eigenvalue weighted by molar-refractivity contribution is 5.79. The van der Waals surface area contributed by atoms with Crippen LogP contribution in [0.1, 0.15) is 0 Å². The van der Waals surface area contributed by atoms with Crippen molar-refractivity contribution in [2.45, 2.75) is 6.04 Å². The lowest BCUT2D eigenvalue weighted by Crippen LogP contribution is -2.44. The van der Waals surface area contributed by atoms with Crippen LogP contribution >= 0.6 is 0 Å². The van der Waals surface area contributed by atoms with Gasteiger partial charge in [-0.3, -0.25) is 4.79 Å². The van der Waals surface area contributed by atoms with Gasteiger partial charge in [-0.05, 0) is 0 Å². The van der Waals surface area contributed by atoms with E-state index in [0.29, 0.717) is 6.54 Å². The summed E-state index contributed by atoms with van der Waals surface area (Å²) < 4.78 is 0. The Bertz CT molecular complexity index is 117. The molecule has 0 aliphatic rings. The predicted octanol–water partition coefficient (Wildman–Crippen LogP) is -1.71. The van der Waals surface area contributed by atoms with Crippen LogP contribution in [-0.4, -0.2) is 37.7 Å². The van der Waals surface area contributed by atoms with Crippen LogP contribution in [0.4, 0.5) is 0 Å². The molecule has 0 heterocycles. The summed E-state index contributed by atoms with van der Waals surface area (Å²) >= 11 is 0. The summed E-state index contributed by atoms with van der Waals surface area (Å²) in [6, 6.07) is -0.662. The normalized spacial score (nSPS) is 13.6. The SMILES string of the molecule is CON(C)C[C@H](N)C(N)=O. The van der Waals surface area contributed by atoms with Crippen molar-refractivity contribution in [3.05, 3.63) is 0 Å². The van der Waals surface area contributed by atoms with Gasteiger partial charge in [0.1, 0.15) is 0 Å². The van der Waals surface area contributed by atoms with Crippen LogP contribution in [0.15, 0.2) is 0 Å². The van der Waals surface area contributed by atoms with Crippen molar-refractivity contribution >= 4 is 5.91 Å². The number of hydrogen-bond donors (Lipinski definition) is 2. The molecule has 0 aliphatic carbocycles. The molecule has 0 radical (unpaired) electrons. The minimum Gasteiger partial charge on any atom is -0.368 e. The highest BCUT2D eigenvalue weighted by atomic mass is 16.7. The number of nitrogens with two attached hydrogens (primary N) is 2. The number of rotatable bonds is 4. The second-order valence-electron chi connectivity index (χ2n) is 2.00. The molecular weight excluding hydrogens is 134 g/mol. The van der Waals surface area contributed by atoms with E-state index in [1.54, 1.807) is 7.05 Å². The average Bonchev–Trinajstić information content (AvgIpc) is 1.87. The van der Waals surface area contributed by atoms with E-state index in [1.807, 2.05) is 0 Å². The third-order valence-electron chi connectivity index (χ3n) is 1.13. The number of amides is 1. The van der Waals surface area contributed by atoms with Gasteiger partial charge in [0.05, 0.1) is 13.2 Å². The van der Waals surface area contributed by atoms with Crippen LogP contribution in [0, 0.1) is 0 Å². The van der Waals surface area contributed by atoms with Crippen molar-refractivity contribution in [3.8, 4) is 0 Å². The van der Waals surface area contributed by atoms with Crippen molar-refractivity contribution in [2.24, 2.45) is 11.5 Å². The van der Waals surface area contributed by atoms with Crippen LogP contribution in [0.25, 0.3) is 0 Å². The molecule has 1 atom stereocenters. The first kappa shape index (κ1) is 9.35. The third kappa shape index (κ3) is 3.39. The minimum absolute atomic E-state index is 0.311. The molecule has 0 bridgehead atoms. The second kappa shape index (κ2) is 4.21. The highest BCUT2D eigenvalue weighted by Gasteiger charge is 2.10. The summed E-state index contributed by atoms with van der Waals surface area (Å²) in [6.45, 7) is 0.311.